The molecule has 3 heterocycles. The van der Waals surface area contributed by atoms with Crippen molar-refractivity contribution in [1.82, 2.24) is 10.3 Å². The van der Waals surface area contributed by atoms with E-state index in [1.165, 1.54) is 11.3 Å². The van der Waals surface area contributed by atoms with Gasteiger partial charge in [0.1, 0.15) is 10.2 Å². The molecule has 1 aliphatic heterocycles. The number of thiophene rings is 1. The summed E-state index contributed by atoms with van der Waals surface area (Å²) in [7, 11) is 0. The smallest absolute Gasteiger partial charge is 0.253 e. The molecule has 1 N–H and O–H groups in total. The lowest BCUT2D eigenvalue weighted by Crippen LogP contribution is -2.36. The molecule has 0 spiro atoms. The van der Waals surface area contributed by atoms with Crippen LogP contribution in [0.3, 0.4) is 0 Å². The van der Waals surface area contributed by atoms with Crippen LogP contribution in [0.15, 0.2) is 24.4 Å². The summed E-state index contributed by atoms with van der Waals surface area (Å²) in [5.74, 6) is 0.687. The first-order valence-corrected chi connectivity index (χ1v) is 8.71. The van der Waals surface area contributed by atoms with Crippen LogP contribution in [-0.4, -0.2) is 37.2 Å². The molecular weight excluding hydrogens is 357 g/mol. The van der Waals surface area contributed by atoms with Crippen molar-refractivity contribution in [2.45, 2.75) is 6.54 Å². The number of nitrogens with zero attached hydrogens (tertiary/aromatic N) is 2. The third-order valence-corrected chi connectivity index (χ3v) is 4.99. The number of nitrogens with one attached hydrogen (secondary N) is 1. The van der Waals surface area contributed by atoms with E-state index in [1.54, 1.807) is 12.3 Å². The quantitative estimate of drug-likeness (QED) is 0.896. The predicted octanol–water partition coefficient (Wildman–Crippen LogP) is 3.22. The van der Waals surface area contributed by atoms with Crippen LogP contribution in [0.5, 0.6) is 0 Å². The fourth-order valence-electron chi connectivity index (χ4n) is 2.27. The van der Waals surface area contributed by atoms with Crippen molar-refractivity contribution in [2.75, 3.05) is 31.2 Å². The molecule has 0 atom stereocenters. The Hall–Kier alpha value is -1.34. The van der Waals surface area contributed by atoms with E-state index in [0.29, 0.717) is 20.8 Å². The predicted molar refractivity (Wildman–Crippen MR) is 92.8 cm³/mol. The Bertz CT molecular complexity index is 685. The third kappa shape index (κ3) is 4.14. The number of hydrogen-bond donors (Lipinski definition) is 1. The van der Waals surface area contributed by atoms with Gasteiger partial charge in [-0.2, -0.15) is 0 Å². The van der Waals surface area contributed by atoms with E-state index in [-0.39, 0.29) is 5.91 Å². The molecule has 5 nitrogen and oxygen atoms in total. The van der Waals surface area contributed by atoms with E-state index in [0.717, 1.165) is 37.7 Å². The third-order valence-electron chi connectivity index (χ3n) is 3.50. The van der Waals surface area contributed by atoms with Gasteiger partial charge in [-0.05, 0) is 17.7 Å². The Balaban J connectivity index is 1.58. The highest BCUT2D eigenvalue weighted by atomic mass is 35.5. The van der Waals surface area contributed by atoms with Gasteiger partial charge in [0.15, 0.2) is 0 Å². The molecule has 122 valence electrons. The van der Waals surface area contributed by atoms with Crippen LogP contribution >= 0.6 is 34.5 Å². The van der Waals surface area contributed by atoms with Gasteiger partial charge in [0.2, 0.25) is 0 Å². The highest BCUT2D eigenvalue weighted by molar-refractivity contribution is 7.20. The Labute approximate surface area is 148 Å². The Morgan fingerprint density at radius 2 is 2.13 bits per heavy atom. The molecule has 1 amide bonds. The van der Waals surface area contributed by atoms with Gasteiger partial charge in [-0.1, -0.05) is 29.3 Å². The zero-order valence-electron chi connectivity index (χ0n) is 12.2. The summed E-state index contributed by atoms with van der Waals surface area (Å²) in [4.78, 5) is 18.7. The molecule has 8 heteroatoms. The number of morpholine rings is 1. The number of anilines is 1. The number of carbonyl (C=O) groups excluding carboxylic acids is 1. The molecule has 2 aromatic heterocycles. The van der Waals surface area contributed by atoms with Gasteiger partial charge in [-0.25, -0.2) is 4.98 Å². The maximum atomic E-state index is 12.1. The van der Waals surface area contributed by atoms with Gasteiger partial charge in [0.05, 0.1) is 23.1 Å². The molecule has 1 fully saturated rings. The van der Waals surface area contributed by atoms with E-state index in [4.69, 9.17) is 27.9 Å². The van der Waals surface area contributed by atoms with Gasteiger partial charge in [0, 0.05) is 25.8 Å². The lowest BCUT2D eigenvalue weighted by atomic mass is 10.2. The summed E-state index contributed by atoms with van der Waals surface area (Å²) in [6, 6.07) is 5.49. The topological polar surface area (TPSA) is 54.5 Å². The summed E-state index contributed by atoms with van der Waals surface area (Å²) in [6.45, 7) is 3.53. The molecule has 0 unspecified atom stereocenters. The zero-order chi connectivity index (χ0) is 16.2. The highest BCUT2D eigenvalue weighted by Crippen LogP contribution is 2.31. The van der Waals surface area contributed by atoms with Crippen LogP contribution < -0.4 is 10.2 Å². The largest absolute Gasteiger partial charge is 0.378 e. The molecule has 0 radical (unpaired) electrons. The molecule has 2 aromatic rings. The molecule has 0 aliphatic carbocycles. The number of carbonyl (C=O) groups is 1. The van der Waals surface area contributed by atoms with E-state index in [1.807, 2.05) is 12.1 Å². The van der Waals surface area contributed by atoms with Crippen LogP contribution in [0.2, 0.25) is 8.67 Å². The van der Waals surface area contributed by atoms with Crippen molar-refractivity contribution in [3.8, 4) is 0 Å². The normalized spacial score (nSPS) is 14.8. The van der Waals surface area contributed by atoms with E-state index in [9.17, 15) is 4.79 Å². The van der Waals surface area contributed by atoms with Gasteiger partial charge >= 0.3 is 0 Å². The number of hydrogen-bond acceptors (Lipinski definition) is 5. The van der Waals surface area contributed by atoms with Crippen LogP contribution in [0.4, 0.5) is 5.82 Å². The number of aromatic nitrogens is 1. The maximum absolute atomic E-state index is 12.1. The standard InChI is InChI=1S/C15H15Cl2N3O2S/c16-12-7-11(14(17)23-12)15(21)19-9-10-1-2-13(18-8-10)20-3-5-22-6-4-20/h1-2,7-8H,3-6,9H2,(H,19,21). The fraction of sp³-hybridized carbons (Fsp3) is 0.333. The molecule has 3 rings (SSSR count). The highest BCUT2D eigenvalue weighted by Gasteiger charge is 2.14. The number of amides is 1. The first kappa shape index (κ1) is 16.5. The first-order valence-electron chi connectivity index (χ1n) is 7.14. The van der Waals surface area contributed by atoms with Crippen molar-refractivity contribution in [2.24, 2.45) is 0 Å². The lowest BCUT2D eigenvalue weighted by molar-refractivity contribution is 0.0951. The summed E-state index contributed by atoms with van der Waals surface area (Å²) >= 11 is 13.0. The molecule has 1 saturated heterocycles. The average molecular weight is 372 g/mol. The van der Waals surface area contributed by atoms with E-state index >= 15 is 0 Å². The van der Waals surface area contributed by atoms with Crippen molar-refractivity contribution in [3.05, 3.63) is 44.2 Å². The van der Waals surface area contributed by atoms with Crippen LogP contribution in [-0.2, 0) is 11.3 Å². The summed E-state index contributed by atoms with van der Waals surface area (Å²) in [5.41, 5.74) is 1.33. The lowest BCUT2D eigenvalue weighted by Gasteiger charge is -2.27. The average Bonchev–Trinajstić information content (AvgIpc) is 2.92. The molecule has 0 aromatic carbocycles. The second-order valence-electron chi connectivity index (χ2n) is 5.04. The first-order chi connectivity index (χ1) is 11.1. The Morgan fingerprint density at radius 3 is 2.74 bits per heavy atom. The monoisotopic (exact) mass is 371 g/mol. The molecule has 0 bridgehead atoms. The van der Waals surface area contributed by atoms with Crippen LogP contribution in [0.25, 0.3) is 0 Å². The van der Waals surface area contributed by atoms with Gasteiger partial charge < -0.3 is 15.0 Å². The number of pyridine rings is 1. The van der Waals surface area contributed by atoms with E-state index < -0.39 is 0 Å². The molecular formula is C15H15Cl2N3O2S. The summed E-state index contributed by atoms with van der Waals surface area (Å²) in [5, 5.41) is 2.82. The molecule has 1 aliphatic rings. The molecule has 0 saturated carbocycles. The van der Waals surface area contributed by atoms with Gasteiger partial charge in [-0.3, -0.25) is 4.79 Å². The van der Waals surface area contributed by atoms with E-state index in [2.05, 4.69) is 15.2 Å². The second-order valence-corrected chi connectivity index (χ2v) is 7.33. The minimum Gasteiger partial charge on any atom is -0.378 e. The van der Waals surface area contributed by atoms with Crippen molar-refractivity contribution < 1.29 is 9.53 Å². The van der Waals surface area contributed by atoms with Gasteiger partial charge in [0.25, 0.3) is 5.91 Å². The zero-order valence-corrected chi connectivity index (χ0v) is 14.5. The number of ether oxygens (including phenoxy) is 1. The van der Waals surface area contributed by atoms with Crippen molar-refractivity contribution >= 4 is 46.3 Å². The van der Waals surface area contributed by atoms with Crippen molar-refractivity contribution in [3.63, 3.8) is 0 Å². The number of halogens is 2. The molecule has 23 heavy (non-hydrogen) atoms. The maximum Gasteiger partial charge on any atom is 0.253 e. The van der Waals surface area contributed by atoms with Gasteiger partial charge in [-0.15, -0.1) is 11.3 Å². The fourth-order valence-corrected chi connectivity index (χ4v) is 3.73. The Kier molecular flexibility index (Phi) is 5.38. The van der Waals surface area contributed by atoms with Crippen molar-refractivity contribution in [1.29, 1.82) is 0 Å². The summed E-state index contributed by atoms with van der Waals surface area (Å²) in [6.07, 6.45) is 1.77. The minimum absolute atomic E-state index is 0.240. The van der Waals surface area contributed by atoms with Crippen LogP contribution in [0, 0.1) is 0 Å². The minimum atomic E-state index is -0.240. The summed E-state index contributed by atoms with van der Waals surface area (Å²) < 4.78 is 6.22. The number of rotatable bonds is 4. The Morgan fingerprint density at radius 1 is 1.35 bits per heavy atom. The SMILES string of the molecule is O=C(NCc1ccc(N2CCOCC2)nc1)c1cc(Cl)sc1Cl. The second kappa shape index (κ2) is 7.49. The van der Waals surface area contributed by atoms with Crippen LogP contribution in [0.1, 0.15) is 15.9 Å².